The smallest absolute Gasteiger partial charge is 0.227 e. The molecule has 116 valence electrons. The van der Waals surface area contributed by atoms with E-state index in [1.807, 2.05) is 10.9 Å². The lowest BCUT2D eigenvalue weighted by molar-refractivity contribution is -0.117. The first-order valence-corrected chi connectivity index (χ1v) is 7.71. The predicted molar refractivity (Wildman–Crippen MR) is 84.0 cm³/mol. The summed E-state index contributed by atoms with van der Waals surface area (Å²) in [5, 5.41) is 13.5. The van der Waals surface area contributed by atoms with Crippen LogP contribution >= 0.6 is 0 Å². The number of carbonyl (C=O) groups excluding carboxylic acids is 1. The van der Waals surface area contributed by atoms with E-state index in [9.17, 15) is 4.79 Å². The molecule has 4 rings (SSSR count). The van der Waals surface area contributed by atoms with E-state index in [0.717, 1.165) is 37.6 Å². The lowest BCUT2D eigenvalue weighted by Crippen LogP contribution is -2.48. The molecule has 2 saturated heterocycles. The molecule has 0 bridgehead atoms. The van der Waals surface area contributed by atoms with Crippen molar-refractivity contribution in [3.8, 4) is 6.07 Å². The van der Waals surface area contributed by atoms with Crippen molar-refractivity contribution in [3.63, 3.8) is 0 Å². The second kappa shape index (κ2) is 5.39. The minimum atomic E-state index is 0.173. The Morgan fingerprint density at radius 1 is 1.35 bits per heavy atom. The van der Waals surface area contributed by atoms with Gasteiger partial charge in [0, 0.05) is 38.4 Å². The van der Waals surface area contributed by atoms with Gasteiger partial charge in [-0.25, -0.2) is 4.98 Å². The zero-order chi connectivity index (χ0) is 15.8. The average molecular weight is 308 g/mol. The van der Waals surface area contributed by atoms with Crippen LogP contribution in [0, 0.1) is 11.3 Å². The molecule has 7 nitrogen and oxygen atoms in total. The van der Waals surface area contributed by atoms with Crippen molar-refractivity contribution in [3.05, 3.63) is 36.3 Å². The topological polar surface area (TPSA) is 78.0 Å². The van der Waals surface area contributed by atoms with Crippen molar-refractivity contribution in [2.45, 2.75) is 18.9 Å². The number of rotatable bonds is 3. The van der Waals surface area contributed by atoms with Gasteiger partial charge in [-0.3, -0.25) is 9.48 Å². The molecule has 0 N–H and O–H groups in total. The number of nitriles is 1. The molecule has 0 aliphatic carbocycles. The highest BCUT2D eigenvalue weighted by atomic mass is 16.2. The molecule has 0 radical (unpaired) electrons. The van der Waals surface area contributed by atoms with Gasteiger partial charge in [0.2, 0.25) is 5.91 Å². The standard InChI is InChI=1S/C16H16N6O/c17-7-12-3-1-5-18-16(12)20-9-14(10-20)22-11-13(8-19-22)21-6-2-4-15(21)23/h1,3,5,8,11,14H,2,4,6,9-10H2. The number of anilines is 2. The molecule has 7 heteroatoms. The largest absolute Gasteiger partial charge is 0.351 e. The number of hydrogen-bond acceptors (Lipinski definition) is 5. The molecule has 0 aromatic carbocycles. The van der Waals surface area contributed by atoms with Crippen molar-refractivity contribution >= 4 is 17.4 Å². The summed E-state index contributed by atoms with van der Waals surface area (Å²) in [4.78, 5) is 20.0. The third-order valence-electron chi connectivity index (χ3n) is 4.42. The molecule has 2 aromatic heterocycles. The molecule has 0 unspecified atom stereocenters. The van der Waals surface area contributed by atoms with Gasteiger partial charge in [0.15, 0.2) is 0 Å². The minimum Gasteiger partial charge on any atom is -0.351 e. The fourth-order valence-corrected chi connectivity index (χ4v) is 3.12. The van der Waals surface area contributed by atoms with E-state index in [4.69, 9.17) is 5.26 Å². The van der Waals surface area contributed by atoms with E-state index in [1.165, 1.54) is 0 Å². The van der Waals surface area contributed by atoms with Crippen LogP contribution in [0.1, 0.15) is 24.4 Å². The molecule has 0 spiro atoms. The summed E-state index contributed by atoms with van der Waals surface area (Å²) in [5.41, 5.74) is 1.47. The number of aromatic nitrogens is 3. The van der Waals surface area contributed by atoms with Crippen LogP contribution in [0.3, 0.4) is 0 Å². The van der Waals surface area contributed by atoms with E-state index >= 15 is 0 Å². The van der Waals surface area contributed by atoms with Crippen LogP contribution in [0.15, 0.2) is 30.7 Å². The van der Waals surface area contributed by atoms with Crippen LogP contribution in [0.5, 0.6) is 0 Å². The molecule has 4 heterocycles. The lowest BCUT2D eigenvalue weighted by Gasteiger charge is -2.40. The van der Waals surface area contributed by atoms with Gasteiger partial charge in [-0.05, 0) is 18.6 Å². The normalized spacial score (nSPS) is 18.1. The van der Waals surface area contributed by atoms with Gasteiger partial charge in [-0.15, -0.1) is 0 Å². The Balaban J connectivity index is 1.45. The molecular formula is C16H16N6O. The molecular weight excluding hydrogens is 292 g/mol. The van der Waals surface area contributed by atoms with Gasteiger partial charge in [-0.1, -0.05) is 0 Å². The van der Waals surface area contributed by atoms with Crippen molar-refractivity contribution in [2.75, 3.05) is 29.4 Å². The number of pyridine rings is 1. The average Bonchev–Trinajstić information content (AvgIpc) is 3.15. The molecule has 2 aliphatic heterocycles. The molecule has 2 aliphatic rings. The summed E-state index contributed by atoms with van der Waals surface area (Å²) < 4.78 is 1.91. The van der Waals surface area contributed by atoms with Crippen molar-refractivity contribution in [1.82, 2.24) is 14.8 Å². The van der Waals surface area contributed by atoms with Gasteiger partial charge >= 0.3 is 0 Å². The highest BCUT2D eigenvalue weighted by Gasteiger charge is 2.32. The second-order valence-electron chi connectivity index (χ2n) is 5.87. The number of hydrogen-bond donors (Lipinski definition) is 0. The number of amides is 1. The van der Waals surface area contributed by atoms with E-state index < -0.39 is 0 Å². The Kier molecular flexibility index (Phi) is 3.23. The summed E-state index contributed by atoms with van der Waals surface area (Å²) in [7, 11) is 0. The fourth-order valence-electron chi connectivity index (χ4n) is 3.12. The summed E-state index contributed by atoms with van der Waals surface area (Å²) >= 11 is 0. The van der Waals surface area contributed by atoms with Crippen LogP contribution in [-0.2, 0) is 4.79 Å². The fraction of sp³-hybridized carbons (Fsp3) is 0.375. The van der Waals surface area contributed by atoms with Crippen molar-refractivity contribution in [1.29, 1.82) is 5.26 Å². The molecule has 0 atom stereocenters. The Labute approximate surface area is 133 Å². The summed E-state index contributed by atoms with van der Waals surface area (Å²) in [6.07, 6.45) is 6.94. The van der Waals surface area contributed by atoms with Gasteiger partial charge in [0.25, 0.3) is 0 Å². The van der Waals surface area contributed by atoms with Crippen LogP contribution in [0.4, 0.5) is 11.5 Å². The van der Waals surface area contributed by atoms with Crippen LogP contribution in [0.2, 0.25) is 0 Å². The number of nitrogens with zero attached hydrogens (tertiary/aromatic N) is 6. The maximum Gasteiger partial charge on any atom is 0.227 e. The quantitative estimate of drug-likeness (QED) is 0.855. The Hall–Kier alpha value is -2.88. The Morgan fingerprint density at radius 3 is 2.96 bits per heavy atom. The SMILES string of the molecule is N#Cc1cccnc1N1CC(n2cc(N3CCCC3=O)cn2)C1. The first kappa shape index (κ1) is 13.8. The molecule has 23 heavy (non-hydrogen) atoms. The first-order valence-electron chi connectivity index (χ1n) is 7.71. The zero-order valence-electron chi connectivity index (χ0n) is 12.6. The van der Waals surface area contributed by atoms with Crippen molar-refractivity contribution in [2.24, 2.45) is 0 Å². The van der Waals surface area contributed by atoms with Crippen LogP contribution < -0.4 is 9.80 Å². The maximum absolute atomic E-state index is 11.8. The third kappa shape index (κ3) is 2.32. The lowest BCUT2D eigenvalue weighted by atomic mass is 10.1. The summed E-state index contributed by atoms with van der Waals surface area (Å²) in [6, 6.07) is 5.97. The number of carbonyl (C=O) groups is 1. The Bertz CT molecular complexity index is 786. The highest BCUT2D eigenvalue weighted by molar-refractivity contribution is 5.95. The second-order valence-corrected chi connectivity index (χ2v) is 5.87. The first-order chi connectivity index (χ1) is 11.3. The zero-order valence-corrected chi connectivity index (χ0v) is 12.6. The summed E-state index contributed by atoms with van der Waals surface area (Å²) in [6.45, 7) is 2.31. The van der Waals surface area contributed by atoms with Crippen molar-refractivity contribution < 1.29 is 4.79 Å². The van der Waals surface area contributed by atoms with Gasteiger partial charge in [-0.2, -0.15) is 10.4 Å². The van der Waals surface area contributed by atoms with Gasteiger partial charge in [0.1, 0.15) is 11.9 Å². The van der Waals surface area contributed by atoms with E-state index in [1.54, 1.807) is 29.4 Å². The van der Waals surface area contributed by atoms with E-state index in [-0.39, 0.29) is 11.9 Å². The predicted octanol–water partition coefficient (Wildman–Crippen LogP) is 1.34. The van der Waals surface area contributed by atoms with E-state index in [2.05, 4.69) is 21.1 Å². The molecule has 0 saturated carbocycles. The minimum absolute atomic E-state index is 0.173. The highest BCUT2D eigenvalue weighted by Crippen LogP contribution is 2.29. The molecule has 2 fully saturated rings. The molecule has 1 amide bonds. The van der Waals surface area contributed by atoms with Gasteiger partial charge < -0.3 is 9.80 Å². The third-order valence-corrected chi connectivity index (χ3v) is 4.42. The van der Waals surface area contributed by atoms with Gasteiger partial charge in [0.05, 0.1) is 23.5 Å². The van der Waals surface area contributed by atoms with E-state index in [0.29, 0.717) is 12.0 Å². The Morgan fingerprint density at radius 2 is 2.22 bits per heavy atom. The van der Waals surface area contributed by atoms with Crippen LogP contribution in [0.25, 0.3) is 0 Å². The maximum atomic E-state index is 11.8. The van der Waals surface area contributed by atoms with Crippen LogP contribution in [-0.4, -0.2) is 40.3 Å². The summed E-state index contributed by atoms with van der Waals surface area (Å²) in [5.74, 6) is 0.903. The monoisotopic (exact) mass is 308 g/mol. The molecule has 2 aromatic rings.